The highest BCUT2D eigenvalue weighted by molar-refractivity contribution is 7.64. The van der Waals surface area contributed by atoms with E-state index in [9.17, 15) is 9.32 Å². The highest BCUT2D eigenvalue weighted by Crippen LogP contribution is 2.17. The van der Waals surface area contributed by atoms with E-state index in [0.717, 1.165) is 24.8 Å². The first-order chi connectivity index (χ1) is 6.34. The second-order valence-electron chi connectivity index (χ2n) is 2.78. The maximum Gasteiger partial charge on any atom is 0.118 e. The largest absolute Gasteiger partial charge is 0.508 e. The number of benzene rings is 1. The summed E-state index contributed by atoms with van der Waals surface area (Å²) in [7, 11) is 0. The summed E-state index contributed by atoms with van der Waals surface area (Å²) < 4.78 is 10.0. The molecule has 0 atom stereocenters. The van der Waals surface area contributed by atoms with E-state index < -0.39 is 0 Å². The summed E-state index contributed by atoms with van der Waals surface area (Å²) in [5, 5.41) is 11.0. The van der Waals surface area contributed by atoms with Crippen LogP contribution < -0.4 is 0 Å². The Morgan fingerprint density at radius 2 is 2.15 bits per heavy atom. The molecule has 0 aliphatic carbocycles. The highest BCUT2D eigenvalue weighted by atomic mass is 32.1. The Morgan fingerprint density at radius 1 is 1.38 bits per heavy atom. The fourth-order valence-electron chi connectivity index (χ4n) is 1.15. The Hall–Kier alpha value is -1.09. The third kappa shape index (κ3) is 3.42. The van der Waals surface area contributed by atoms with Crippen molar-refractivity contribution in [3.63, 3.8) is 0 Å². The predicted molar refractivity (Wildman–Crippen MR) is 55.3 cm³/mol. The van der Waals surface area contributed by atoms with E-state index in [-0.39, 0.29) is 0 Å². The highest BCUT2D eigenvalue weighted by Gasteiger charge is 1.97. The summed E-state index contributed by atoms with van der Waals surface area (Å²) in [6.07, 6.45) is 2.53. The number of hydrogen-bond acceptors (Lipinski definition) is 2. The SMILES string of the molecule is O=S=CCCCc1ccccc1O. The van der Waals surface area contributed by atoms with Crippen LogP contribution in [0.3, 0.4) is 0 Å². The van der Waals surface area contributed by atoms with Crippen LogP contribution in [0, 0.1) is 0 Å². The maximum atomic E-state index is 10.0. The van der Waals surface area contributed by atoms with Gasteiger partial charge in [0.2, 0.25) is 0 Å². The molecule has 13 heavy (non-hydrogen) atoms. The van der Waals surface area contributed by atoms with Gasteiger partial charge in [-0.2, -0.15) is 0 Å². The van der Waals surface area contributed by atoms with E-state index in [1.807, 2.05) is 12.1 Å². The van der Waals surface area contributed by atoms with Crippen molar-refractivity contribution in [2.75, 3.05) is 0 Å². The van der Waals surface area contributed by atoms with Crippen molar-refractivity contribution in [2.45, 2.75) is 19.3 Å². The molecule has 1 aromatic carbocycles. The topological polar surface area (TPSA) is 37.3 Å². The summed E-state index contributed by atoms with van der Waals surface area (Å²) in [5.41, 5.74) is 0.951. The van der Waals surface area contributed by atoms with Crippen molar-refractivity contribution in [2.24, 2.45) is 0 Å². The molecule has 0 aliphatic rings. The van der Waals surface area contributed by atoms with Gasteiger partial charge < -0.3 is 5.11 Å². The number of para-hydroxylation sites is 1. The van der Waals surface area contributed by atoms with Gasteiger partial charge in [-0.05, 0) is 30.9 Å². The van der Waals surface area contributed by atoms with Crippen molar-refractivity contribution < 1.29 is 9.32 Å². The lowest BCUT2D eigenvalue weighted by Crippen LogP contribution is -1.86. The molecule has 0 spiro atoms. The van der Waals surface area contributed by atoms with Gasteiger partial charge >= 0.3 is 0 Å². The summed E-state index contributed by atoms with van der Waals surface area (Å²) >= 11 is 0.503. The second kappa shape index (κ2) is 5.54. The number of aryl methyl sites for hydroxylation is 1. The monoisotopic (exact) mass is 196 g/mol. The third-order valence-electron chi connectivity index (χ3n) is 1.83. The lowest BCUT2D eigenvalue weighted by molar-refractivity contribution is 0.467. The number of phenols is 1. The Kier molecular flexibility index (Phi) is 4.26. The van der Waals surface area contributed by atoms with Gasteiger partial charge in [0.25, 0.3) is 0 Å². The van der Waals surface area contributed by atoms with Crippen LogP contribution in [-0.4, -0.2) is 14.7 Å². The average Bonchev–Trinajstić information content (AvgIpc) is 2.15. The number of hydrogen-bond donors (Lipinski definition) is 1. The Bertz CT molecular complexity index is 316. The van der Waals surface area contributed by atoms with E-state index in [0.29, 0.717) is 17.0 Å². The van der Waals surface area contributed by atoms with E-state index in [1.54, 1.807) is 17.5 Å². The molecular weight excluding hydrogens is 184 g/mol. The molecule has 1 N–H and O–H groups in total. The standard InChI is InChI=1S/C10H12O2S/c11-10-7-2-1-5-9(10)6-3-4-8-13-12/h1-2,5,7-8,11H,3-4,6H2. The lowest BCUT2D eigenvalue weighted by atomic mass is 10.1. The Balaban J connectivity index is 2.45. The average molecular weight is 196 g/mol. The summed E-state index contributed by atoms with van der Waals surface area (Å²) in [6.45, 7) is 0. The van der Waals surface area contributed by atoms with Crippen molar-refractivity contribution in [3.05, 3.63) is 29.8 Å². The number of phenolic OH excluding ortho intramolecular Hbond substituents is 1. The molecule has 0 bridgehead atoms. The molecule has 1 rings (SSSR count). The molecular formula is C10H12O2S. The van der Waals surface area contributed by atoms with Gasteiger partial charge in [-0.15, -0.1) is 0 Å². The van der Waals surface area contributed by atoms with Crippen LogP contribution in [-0.2, 0) is 17.7 Å². The maximum absolute atomic E-state index is 10.0. The quantitative estimate of drug-likeness (QED) is 0.588. The zero-order chi connectivity index (χ0) is 9.52. The fraction of sp³-hybridized carbons (Fsp3) is 0.300. The van der Waals surface area contributed by atoms with Gasteiger partial charge in [-0.25, -0.2) is 4.21 Å². The zero-order valence-electron chi connectivity index (χ0n) is 7.27. The van der Waals surface area contributed by atoms with Crippen LogP contribution in [0.5, 0.6) is 5.75 Å². The van der Waals surface area contributed by atoms with Gasteiger partial charge in [0.15, 0.2) is 0 Å². The minimum atomic E-state index is 0.345. The van der Waals surface area contributed by atoms with Gasteiger partial charge in [0.1, 0.15) is 5.75 Å². The van der Waals surface area contributed by atoms with Crippen molar-refractivity contribution >= 4 is 16.6 Å². The van der Waals surface area contributed by atoms with Crippen LogP contribution in [0.2, 0.25) is 0 Å². The van der Waals surface area contributed by atoms with Crippen LogP contribution in [0.1, 0.15) is 18.4 Å². The molecule has 0 radical (unpaired) electrons. The molecule has 0 fully saturated rings. The first-order valence-corrected chi connectivity index (χ1v) is 5.02. The third-order valence-corrected chi connectivity index (χ3v) is 2.20. The van der Waals surface area contributed by atoms with Gasteiger partial charge in [0.05, 0.1) is 11.3 Å². The van der Waals surface area contributed by atoms with Crippen LogP contribution in [0.25, 0.3) is 0 Å². The molecule has 2 nitrogen and oxygen atoms in total. The van der Waals surface area contributed by atoms with E-state index in [4.69, 9.17) is 0 Å². The first kappa shape index (κ1) is 9.99. The van der Waals surface area contributed by atoms with Gasteiger partial charge in [0, 0.05) is 5.37 Å². The molecule has 0 saturated carbocycles. The molecule has 0 unspecified atom stereocenters. The van der Waals surface area contributed by atoms with E-state index in [1.165, 1.54) is 0 Å². The van der Waals surface area contributed by atoms with Crippen LogP contribution in [0.15, 0.2) is 24.3 Å². The van der Waals surface area contributed by atoms with Gasteiger partial charge in [-0.3, -0.25) is 0 Å². The molecule has 0 saturated heterocycles. The molecule has 1 aromatic rings. The fourth-order valence-corrected chi connectivity index (χ4v) is 1.41. The minimum Gasteiger partial charge on any atom is -0.508 e. The Morgan fingerprint density at radius 3 is 2.85 bits per heavy atom. The first-order valence-electron chi connectivity index (χ1n) is 4.22. The molecule has 0 aliphatic heterocycles. The lowest BCUT2D eigenvalue weighted by Gasteiger charge is -2.01. The second-order valence-corrected chi connectivity index (χ2v) is 3.31. The van der Waals surface area contributed by atoms with Gasteiger partial charge in [-0.1, -0.05) is 18.2 Å². The summed E-state index contributed by atoms with van der Waals surface area (Å²) in [5.74, 6) is 0.345. The molecule has 3 heteroatoms. The van der Waals surface area contributed by atoms with Crippen LogP contribution >= 0.6 is 0 Å². The number of unbranched alkanes of at least 4 members (excludes halogenated alkanes) is 1. The minimum absolute atomic E-state index is 0.345. The predicted octanol–water partition coefficient (Wildman–Crippen LogP) is 1.73. The molecule has 70 valence electrons. The normalized spacial score (nSPS) is 9.54. The van der Waals surface area contributed by atoms with Crippen molar-refractivity contribution in [1.82, 2.24) is 0 Å². The zero-order valence-corrected chi connectivity index (χ0v) is 8.09. The number of aromatic hydroxyl groups is 1. The van der Waals surface area contributed by atoms with E-state index in [2.05, 4.69) is 0 Å². The summed E-state index contributed by atoms with van der Waals surface area (Å²) in [4.78, 5) is 0. The smallest absolute Gasteiger partial charge is 0.118 e. The molecule has 0 amide bonds. The Labute approximate surface area is 81.3 Å². The molecule has 0 heterocycles. The van der Waals surface area contributed by atoms with E-state index >= 15 is 0 Å². The molecule has 0 aromatic heterocycles. The van der Waals surface area contributed by atoms with Crippen molar-refractivity contribution in [1.29, 1.82) is 0 Å². The van der Waals surface area contributed by atoms with Crippen molar-refractivity contribution in [3.8, 4) is 5.75 Å². The number of rotatable bonds is 4. The van der Waals surface area contributed by atoms with Crippen LogP contribution in [0.4, 0.5) is 0 Å². The summed E-state index contributed by atoms with van der Waals surface area (Å²) in [6, 6.07) is 7.29.